The molecule has 0 saturated carbocycles. The molecule has 0 fully saturated rings. The van der Waals surface area contributed by atoms with Crippen molar-refractivity contribution < 1.29 is 23.3 Å². The first-order valence-corrected chi connectivity index (χ1v) is 6.98. The zero-order valence-corrected chi connectivity index (χ0v) is 13.5. The second kappa shape index (κ2) is 7.10. The van der Waals surface area contributed by atoms with E-state index in [1.807, 2.05) is 0 Å². The molecule has 2 heterocycles. The van der Waals surface area contributed by atoms with Crippen molar-refractivity contribution in [3.05, 3.63) is 35.0 Å². The van der Waals surface area contributed by atoms with Crippen molar-refractivity contribution in [3.63, 3.8) is 0 Å². The van der Waals surface area contributed by atoms with E-state index in [-0.39, 0.29) is 12.5 Å². The average molecular weight is 321 g/mol. The van der Waals surface area contributed by atoms with Crippen molar-refractivity contribution in [3.8, 4) is 0 Å². The van der Waals surface area contributed by atoms with Crippen LogP contribution in [0.5, 0.6) is 0 Å². The summed E-state index contributed by atoms with van der Waals surface area (Å²) in [6, 6.07) is 3.26. The Morgan fingerprint density at radius 2 is 2.09 bits per heavy atom. The van der Waals surface area contributed by atoms with Crippen LogP contribution in [-0.4, -0.2) is 42.6 Å². The maximum atomic E-state index is 11.9. The van der Waals surface area contributed by atoms with Crippen molar-refractivity contribution >= 4 is 17.7 Å². The molecular weight excluding hydrogens is 302 g/mol. The van der Waals surface area contributed by atoms with E-state index in [0.29, 0.717) is 35.2 Å². The lowest BCUT2D eigenvalue weighted by Gasteiger charge is -2.13. The third kappa shape index (κ3) is 4.43. The molecule has 1 N–H and O–H groups in total. The number of likely N-dealkylation sites (N-methyl/N-ethyl adjacent to an activating group) is 1. The summed E-state index contributed by atoms with van der Waals surface area (Å²) in [4.78, 5) is 25.2. The minimum Gasteiger partial charge on any atom is -0.465 e. The summed E-state index contributed by atoms with van der Waals surface area (Å²) in [7, 11) is 3.08. The first kappa shape index (κ1) is 16.8. The summed E-state index contributed by atoms with van der Waals surface area (Å²) in [5, 5.41) is 6.33. The summed E-state index contributed by atoms with van der Waals surface area (Å²) in [6.45, 7) is 3.95. The highest BCUT2D eigenvalue weighted by Crippen LogP contribution is 2.17. The van der Waals surface area contributed by atoms with Gasteiger partial charge in [0.25, 0.3) is 0 Å². The van der Waals surface area contributed by atoms with Gasteiger partial charge in [0.2, 0.25) is 5.91 Å². The highest BCUT2D eigenvalue weighted by Gasteiger charge is 2.17. The van der Waals surface area contributed by atoms with Crippen LogP contribution in [0, 0.1) is 13.8 Å². The molecule has 8 nitrogen and oxygen atoms in total. The van der Waals surface area contributed by atoms with Crippen LogP contribution in [0.15, 0.2) is 21.1 Å². The van der Waals surface area contributed by atoms with Crippen LogP contribution in [0.2, 0.25) is 0 Å². The number of ether oxygens (including phenoxy) is 1. The van der Waals surface area contributed by atoms with E-state index in [1.165, 1.54) is 7.11 Å². The van der Waals surface area contributed by atoms with Gasteiger partial charge in [-0.15, -0.1) is 0 Å². The van der Waals surface area contributed by atoms with E-state index in [1.54, 1.807) is 37.9 Å². The van der Waals surface area contributed by atoms with Gasteiger partial charge in [-0.3, -0.25) is 9.69 Å². The number of aromatic nitrogens is 1. The van der Waals surface area contributed by atoms with Gasteiger partial charge in [-0.05, 0) is 27.0 Å². The Morgan fingerprint density at radius 3 is 2.70 bits per heavy atom. The van der Waals surface area contributed by atoms with Crippen LogP contribution in [-0.2, 0) is 16.1 Å². The molecule has 23 heavy (non-hydrogen) atoms. The number of rotatable bonds is 6. The number of esters is 1. The molecule has 0 aliphatic rings. The van der Waals surface area contributed by atoms with Crippen molar-refractivity contribution in [2.45, 2.75) is 20.4 Å². The fraction of sp³-hybridized carbons (Fsp3) is 0.400. The number of carbonyl (C=O) groups excluding carboxylic acids is 2. The number of anilines is 1. The normalized spacial score (nSPS) is 10.8. The van der Waals surface area contributed by atoms with E-state index < -0.39 is 5.97 Å². The highest BCUT2D eigenvalue weighted by atomic mass is 16.5. The Morgan fingerprint density at radius 1 is 1.35 bits per heavy atom. The number of aryl methyl sites for hydroxylation is 2. The van der Waals surface area contributed by atoms with E-state index in [0.717, 1.165) is 0 Å². The van der Waals surface area contributed by atoms with Crippen LogP contribution >= 0.6 is 0 Å². The Kier molecular flexibility index (Phi) is 5.17. The first-order valence-electron chi connectivity index (χ1n) is 6.98. The Labute approximate surface area is 133 Å². The molecule has 8 heteroatoms. The van der Waals surface area contributed by atoms with Gasteiger partial charge >= 0.3 is 5.97 Å². The van der Waals surface area contributed by atoms with Gasteiger partial charge in [0, 0.05) is 6.07 Å². The third-order valence-corrected chi connectivity index (χ3v) is 3.11. The van der Waals surface area contributed by atoms with Crippen LogP contribution in [0.4, 0.5) is 5.82 Å². The lowest BCUT2D eigenvalue weighted by Crippen LogP contribution is -2.29. The van der Waals surface area contributed by atoms with Crippen LogP contribution in [0.3, 0.4) is 0 Å². The van der Waals surface area contributed by atoms with Gasteiger partial charge in [-0.1, -0.05) is 5.16 Å². The van der Waals surface area contributed by atoms with Gasteiger partial charge in [0.1, 0.15) is 22.8 Å². The highest BCUT2D eigenvalue weighted by molar-refractivity contribution is 5.91. The molecule has 0 aliphatic carbocycles. The molecule has 2 aromatic rings. The molecule has 0 radical (unpaired) electrons. The molecule has 0 aromatic carbocycles. The summed E-state index contributed by atoms with van der Waals surface area (Å²) < 4.78 is 15.1. The molecule has 0 saturated heterocycles. The predicted octanol–water partition coefficient (Wildman–Crippen LogP) is 1.74. The lowest BCUT2D eigenvalue weighted by atomic mass is 10.2. The SMILES string of the molecule is COC(=O)c1cc(CN(C)CC(=O)Nc2cc(C)on2)oc1C. The van der Waals surface area contributed by atoms with Crippen LogP contribution < -0.4 is 5.32 Å². The second-order valence-electron chi connectivity index (χ2n) is 5.22. The van der Waals surface area contributed by atoms with Gasteiger partial charge in [-0.2, -0.15) is 0 Å². The Hall–Kier alpha value is -2.61. The lowest BCUT2D eigenvalue weighted by molar-refractivity contribution is -0.117. The van der Waals surface area contributed by atoms with E-state index in [2.05, 4.69) is 15.2 Å². The molecule has 2 rings (SSSR count). The smallest absolute Gasteiger partial charge is 0.341 e. The third-order valence-electron chi connectivity index (χ3n) is 3.11. The summed E-state index contributed by atoms with van der Waals surface area (Å²) >= 11 is 0. The molecule has 124 valence electrons. The number of amides is 1. The summed E-state index contributed by atoms with van der Waals surface area (Å²) in [6.07, 6.45) is 0. The van der Waals surface area contributed by atoms with Crippen molar-refractivity contribution in [2.75, 3.05) is 26.0 Å². The minimum atomic E-state index is -0.445. The van der Waals surface area contributed by atoms with Crippen LogP contribution in [0.1, 0.15) is 27.6 Å². The van der Waals surface area contributed by atoms with Crippen molar-refractivity contribution in [1.29, 1.82) is 0 Å². The monoisotopic (exact) mass is 321 g/mol. The molecule has 0 aliphatic heterocycles. The van der Waals surface area contributed by atoms with Gasteiger partial charge in [0.05, 0.1) is 20.2 Å². The zero-order chi connectivity index (χ0) is 17.0. The standard InChI is InChI=1S/C15H19N3O5/c1-9-5-13(17-23-9)16-14(19)8-18(3)7-11-6-12(10(2)22-11)15(20)21-4/h5-6H,7-8H2,1-4H3,(H,16,17,19). The van der Waals surface area contributed by atoms with E-state index in [4.69, 9.17) is 8.94 Å². The van der Waals surface area contributed by atoms with Crippen molar-refractivity contribution in [2.24, 2.45) is 0 Å². The molecule has 0 spiro atoms. The van der Waals surface area contributed by atoms with Gasteiger partial charge in [0.15, 0.2) is 5.82 Å². The Balaban J connectivity index is 1.90. The summed E-state index contributed by atoms with van der Waals surface area (Å²) in [5.74, 6) is 1.40. The zero-order valence-electron chi connectivity index (χ0n) is 13.5. The molecule has 1 amide bonds. The molecule has 0 unspecified atom stereocenters. The quantitative estimate of drug-likeness (QED) is 0.809. The largest absolute Gasteiger partial charge is 0.465 e. The Bertz CT molecular complexity index is 704. The maximum absolute atomic E-state index is 11.9. The number of nitrogens with one attached hydrogen (secondary N) is 1. The number of methoxy groups -OCH3 is 1. The molecular formula is C15H19N3O5. The number of hydrogen-bond acceptors (Lipinski definition) is 7. The van der Waals surface area contributed by atoms with Crippen LogP contribution in [0.25, 0.3) is 0 Å². The fourth-order valence-electron chi connectivity index (χ4n) is 2.11. The molecule has 0 atom stereocenters. The minimum absolute atomic E-state index is 0.138. The number of hydrogen-bond donors (Lipinski definition) is 1. The second-order valence-corrected chi connectivity index (χ2v) is 5.22. The predicted molar refractivity (Wildman–Crippen MR) is 81.0 cm³/mol. The summed E-state index contributed by atoms with van der Waals surface area (Å²) in [5.41, 5.74) is 0.387. The maximum Gasteiger partial charge on any atom is 0.341 e. The first-order chi connectivity index (χ1) is 10.9. The van der Waals surface area contributed by atoms with E-state index >= 15 is 0 Å². The fourth-order valence-corrected chi connectivity index (χ4v) is 2.11. The van der Waals surface area contributed by atoms with Crippen molar-refractivity contribution in [1.82, 2.24) is 10.1 Å². The van der Waals surface area contributed by atoms with E-state index in [9.17, 15) is 9.59 Å². The number of carbonyl (C=O) groups is 2. The molecule has 2 aromatic heterocycles. The average Bonchev–Trinajstić information content (AvgIpc) is 3.03. The van der Waals surface area contributed by atoms with Gasteiger partial charge in [-0.25, -0.2) is 4.79 Å². The molecule has 0 bridgehead atoms. The number of furan rings is 1. The topological polar surface area (TPSA) is 97.8 Å². The van der Waals surface area contributed by atoms with Gasteiger partial charge < -0.3 is 19.0 Å². The number of nitrogens with zero attached hydrogens (tertiary/aromatic N) is 2.